The summed E-state index contributed by atoms with van der Waals surface area (Å²) in [7, 11) is 1.88. The first kappa shape index (κ1) is 16.4. The Balaban J connectivity index is 3.83. The highest BCUT2D eigenvalue weighted by atomic mass is 16.2. The summed E-state index contributed by atoms with van der Waals surface area (Å²) >= 11 is 0. The van der Waals surface area contributed by atoms with Crippen LogP contribution in [0.25, 0.3) is 0 Å². The zero-order valence-electron chi connectivity index (χ0n) is 12.3. The van der Waals surface area contributed by atoms with E-state index in [-0.39, 0.29) is 11.3 Å². The molecular formula is C14H30N2O. The fraction of sp³-hybridized carbons (Fsp3) is 0.929. The van der Waals surface area contributed by atoms with Crippen LogP contribution in [0.3, 0.4) is 0 Å². The third kappa shape index (κ3) is 8.19. The molecule has 0 saturated heterocycles. The van der Waals surface area contributed by atoms with Crippen LogP contribution in [0.5, 0.6) is 0 Å². The number of hydrogen-bond acceptors (Lipinski definition) is 2. The lowest BCUT2D eigenvalue weighted by Crippen LogP contribution is -2.39. The average Bonchev–Trinajstić information content (AvgIpc) is 2.23. The Morgan fingerprint density at radius 1 is 1.29 bits per heavy atom. The molecule has 0 rings (SSSR count). The second-order valence-electron chi connectivity index (χ2n) is 6.26. The summed E-state index contributed by atoms with van der Waals surface area (Å²) in [6, 6.07) is 0. The molecule has 0 aromatic carbocycles. The number of carbonyl (C=O) groups excluding carboxylic acids is 1. The minimum atomic E-state index is 0.0162. The molecule has 0 radical (unpaired) electrons. The molecule has 102 valence electrons. The van der Waals surface area contributed by atoms with Crippen molar-refractivity contribution in [2.75, 3.05) is 20.1 Å². The monoisotopic (exact) mass is 242 g/mol. The maximum Gasteiger partial charge on any atom is 0.222 e. The van der Waals surface area contributed by atoms with Crippen molar-refractivity contribution in [3.63, 3.8) is 0 Å². The van der Waals surface area contributed by atoms with E-state index in [9.17, 15) is 4.79 Å². The Morgan fingerprint density at radius 3 is 2.35 bits per heavy atom. The number of unbranched alkanes of at least 4 members (excludes halogenated alkanes) is 1. The first-order valence-corrected chi connectivity index (χ1v) is 6.72. The number of nitrogens with zero attached hydrogens (tertiary/aromatic N) is 1. The second-order valence-corrected chi connectivity index (χ2v) is 6.26. The fourth-order valence-electron chi connectivity index (χ4n) is 1.81. The molecule has 0 heterocycles. The van der Waals surface area contributed by atoms with Crippen molar-refractivity contribution in [3.05, 3.63) is 0 Å². The van der Waals surface area contributed by atoms with Gasteiger partial charge < -0.3 is 10.6 Å². The summed E-state index contributed by atoms with van der Waals surface area (Å²) in [5, 5.41) is 0. The van der Waals surface area contributed by atoms with E-state index in [0.29, 0.717) is 13.0 Å². The highest BCUT2D eigenvalue weighted by Gasteiger charge is 2.20. The molecule has 0 unspecified atom stereocenters. The molecule has 0 aliphatic rings. The molecule has 0 bridgehead atoms. The molecule has 1 amide bonds. The third-order valence-corrected chi connectivity index (χ3v) is 3.07. The van der Waals surface area contributed by atoms with Gasteiger partial charge >= 0.3 is 0 Å². The van der Waals surface area contributed by atoms with E-state index in [4.69, 9.17) is 5.73 Å². The van der Waals surface area contributed by atoms with Gasteiger partial charge in [-0.05, 0) is 24.3 Å². The molecule has 2 N–H and O–H groups in total. The highest BCUT2D eigenvalue weighted by Crippen LogP contribution is 2.15. The largest absolute Gasteiger partial charge is 0.345 e. The molecule has 0 spiro atoms. The number of rotatable bonds is 8. The van der Waals surface area contributed by atoms with E-state index < -0.39 is 0 Å². The molecule has 3 nitrogen and oxygen atoms in total. The van der Waals surface area contributed by atoms with E-state index in [0.717, 1.165) is 25.3 Å². The predicted octanol–water partition coefficient (Wildman–Crippen LogP) is 2.65. The number of hydrogen-bond donors (Lipinski definition) is 1. The van der Waals surface area contributed by atoms with Crippen LogP contribution in [-0.4, -0.2) is 30.9 Å². The van der Waals surface area contributed by atoms with Gasteiger partial charge in [-0.15, -0.1) is 0 Å². The lowest BCUT2D eigenvalue weighted by atomic mass is 9.93. The number of amides is 1. The second kappa shape index (κ2) is 7.70. The minimum Gasteiger partial charge on any atom is -0.345 e. The van der Waals surface area contributed by atoms with Crippen LogP contribution in [0.1, 0.15) is 53.4 Å². The lowest BCUT2D eigenvalue weighted by molar-refractivity contribution is -0.131. The molecular weight excluding hydrogens is 212 g/mol. The molecule has 0 aliphatic carbocycles. The zero-order valence-corrected chi connectivity index (χ0v) is 12.3. The van der Waals surface area contributed by atoms with Crippen molar-refractivity contribution in [1.82, 2.24) is 4.90 Å². The molecule has 0 atom stereocenters. The van der Waals surface area contributed by atoms with Gasteiger partial charge in [0.1, 0.15) is 0 Å². The first-order valence-electron chi connectivity index (χ1n) is 6.72. The lowest BCUT2D eigenvalue weighted by Gasteiger charge is -2.29. The van der Waals surface area contributed by atoms with Crippen LogP contribution in [0.4, 0.5) is 0 Å². The molecule has 0 saturated carbocycles. The van der Waals surface area contributed by atoms with Crippen LogP contribution < -0.4 is 5.73 Å². The van der Waals surface area contributed by atoms with E-state index in [1.54, 1.807) is 0 Å². The van der Waals surface area contributed by atoms with E-state index in [1.807, 2.05) is 11.9 Å². The zero-order chi connectivity index (χ0) is 13.5. The molecule has 17 heavy (non-hydrogen) atoms. The average molecular weight is 242 g/mol. The van der Waals surface area contributed by atoms with Gasteiger partial charge in [-0.3, -0.25) is 4.79 Å². The van der Waals surface area contributed by atoms with E-state index in [2.05, 4.69) is 27.7 Å². The van der Waals surface area contributed by atoms with Gasteiger partial charge in [0.05, 0.1) is 0 Å². The maximum atomic E-state index is 11.9. The summed E-state index contributed by atoms with van der Waals surface area (Å²) in [5.41, 5.74) is 5.69. The van der Waals surface area contributed by atoms with Gasteiger partial charge in [0.2, 0.25) is 5.91 Å². The van der Waals surface area contributed by atoms with Crippen molar-refractivity contribution >= 4 is 5.91 Å². The summed E-state index contributed by atoms with van der Waals surface area (Å²) in [6.45, 7) is 9.98. The Labute approximate surface area is 107 Å². The van der Waals surface area contributed by atoms with Crippen LogP contribution in [0, 0.1) is 11.3 Å². The molecule has 3 heteroatoms. The highest BCUT2D eigenvalue weighted by molar-refractivity contribution is 5.75. The minimum absolute atomic E-state index is 0.0162. The fourth-order valence-corrected chi connectivity index (χ4v) is 1.81. The van der Waals surface area contributed by atoms with Gasteiger partial charge in [-0.2, -0.15) is 0 Å². The summed E-state index contributed by atoms with van der Waals surface area (Å²) < 4.78 is 0. The number of carbonyl (C=O) groups is 1. The summed E-state index contributed by atoms with van der Waals surface area (Å²) in [4.78, 5) is 13.7. The Kier molecular flexibility index (Phi) is 7.44. The van der Waals surface area contributed by atoms with Gasteiger partial charge in [0.25, 0.3) is 0 Å². The Bertz CT molecular complexity index is 224. The smallest absolute Gasteiger partial charge is 0.222 e. The van der Waals surface area contributed by atoms with Crippen molar-refractivity contribution in [2.45, 2.75) is 53.4 Å². The summed E-state index contributed by atoms with van der Waals surface area (Å²) in [6.07, 6.45) is 4.04. The van der Waals surface area contributed by atoms with Crippen LogP contribution in [0.15, 0.2) is 0 Å². The normalized spacial score (nSPS) is 11.9. The predicted molar refractivity (Wildman–Crippen MR) is 73.8 cm³/mol. The van der Waals surface area contributed by atoms with Crippen molar-refractivity contribution in [2.24, 2.45) is 17.1 Å². The Hall–Kier alpha value is -0.570. The van der Waals surface area contributed by atoms with E-state index in [1.165, 1.54) is 6.42 Å². The topological polar surface area (TPSA) is 46.3 Å². The molecule has 0 aromatic heterocycles. The van der Waals surface area contributed by atoms with Crippen molar-refractivity contribution < 1.29 is 4.79 Å². The summed E-state index contributed by atoms with van der Waals surface area (Å²) in [5.74, 6) is 0.981. The van der Waals surface area contributed by atoms with Crippen molar-refractivity contribution in [3.8, 4) is 0 Å². The van der Waals surface area contributed by atoms with Crippen LogP contribution in [0.2, 0.25) is 0 Å². The molecule has 0 fully saturated rings. The molecule has 0 aromatic rings. The maximum absolute atomic E-state index is 11.9. The van der Waals surface area contributed by atoms with Gasteiger partial charge in [-0.25, -0.2) is 0 Å². The van der Waals surface area contributed by atoms with Gasteiger partial charge in [0.15, 0.2) is 0 Å². The molecule has 0 aliphatic heterocycles. The van der Waals surface area contributed by atoms with Crippen molar-refractivity contribution in [1.29, 1.82) is 0 Å². The quantitative estimate of drug-likeness (QED) is 0.665. The first-order chi connectivity index (χ1) is 7.78. The number of nitrogens with two attached hydrogens (primary N) is 1. The Morgan fingerprint density at radius 2 is 1.88 bits per heavy atom. The third-order valence-electron chi connectivity index (χ3n) is 3.07. The van der Waals surface area contributed by atoms with Gasteiger partial charge in [-0.1, -0.05) is 40.5 Å². The van der Waals surface area contributed by atoms with Gasteiger partial charge in [0, 0.05) is 20.0 Å². The standard InChI is InChI=1S/C14H30N2O/c1-12(2)8-6-7-9-13(17)16(5)11-14(3,4)10-15/h12H,6-11,15H2,1-5H3. The van der Waals surface area contributed by atoms with Crippen LogP contribution >= 0.6 is 0 Å². The van der Waals surface area contributed by atoms with Crippen LogP contribution in [-0.2, 0) is 4.79 Å². The SMILES string of the molecule is CC(C)CCCCC(=O)N(C)CC(C)(C)CN. The van der Waals surface area contributed by atoms with E-state index >= 15 is 0 Å².